The van der Waals surface area contributed by atoms with Gasteiger partial charge in [0, 0.05) is 5.41 Å². The molecule has 0 saturated heterocycles. The highest BCUT2D eigenvalue weighted by Crippen LogP contribution is 2.27. The van der Waals surface area contributed by atoms with Gasteiger partial charge in [0.1, 0.15) is 0 Å². The van der Waals surface area contributed by atoms with Crippen molar-refractivity contribution in [3.05, 3.63) is 70.8 Å². The fourth-order valence-corrected chi connectivity index (χ4v) is 2.96. The molecule has 1 nitrogen and oxygen atoms in total. The third-order valence-corrected chi connectivity index (χ3v) is 4.40. The van der Waals surface area contributed by atoms with E-state index in [2.05, 4.69) is 90.1 Å². The van der Waals surface area contributed by atoms with E-state index in [1.54, 1.807) is 0 Å². The highest BCUT2D eigenvalue weighted by Gasteiger charge is 2.22. The molecule has 0 radical (unpaired) electrons. The Kier molecular flexibility index (Phi) is 5.31. The van der Waals surface area contributed by atoms with E-state index in [1.165, 1.54) is 22.3 Å². The molecule has 0 heterocycles. The molecule has 2 rings (SSSR count). The summed E-state index contributed by atoms with van der Waals surface area (Å²) in [5.41, 5.74) is 5.50. The van der Waals surface area contributed by atoms with Crippen molar-refractivity contribution in [2.24, 2.45) is 0 Å². The lowest BCUT2D eigenvalue weighted by molar-refractivity contribution is 0.0822. The second-order valence-electron chi connectivity index (χ2n) is 8.14. The second kappa shape index (κ2) is 6.88. The molecule has 0 saturated carbocycles. The topological polar surface area (TPSA) is 9.23 Å². The molecule has 0 atom stereocenters. The lowest BCUT2D eigenvalue weighted by atomic mass is 9.83. The van der Waals surface area contributed by atoms with Crippen LogP contribution in [-0.4, -0.2) is 6.61 Å². The van der Waals surface area contributed by atoms with Crippen molar-refractivity contribution in [1.82, 2.24) is 0 Å². The maximum Gasteiger partial charge on any atom is 0.0717 e. The van der Waals surface area contributed by atoms with Gasteiger partial charge in [-0.1, -0.05) is 83.1 Å². The van der Waals surface area contributed by atoms with Crippen LogP contribution in [0.3, 0.4) is 0 Å². The summed E-state index contributed by atoms with van der Waals surface area (Å²) in [5.74, 6) is 0. The molecular weight excluding hydrogens is 280 g/mol. The van der Waals surface area contributed by atoms with Crippen molar-refractivity contribution in [3.8, 4) is 0 Å². The molecular formula is C22H30O. The van der Waals surface area contributed by atoms with Crippen LogP contribution in [0, 0.1) is 6.92 Å². The molecule has 23 heavy (non-hydrogen) atoms. The van der Waals surface area contributed by atoms with Crippen LogP contribution in [0.1, 0.15) is 56.9 Å². The zero-order valence-electron chi connectivity index (χ0n) is 15.4. The van der Waals surface area contributed by atoms with Gasteiger partial charge in [-0.3, -0.25) is 0 Å². The number of benzene rings is 2. The number of hydrogen-bond acceptors (Lipinski definition) is 1. The predicted molar refractivity (Wildman–Crippen MR) is 99.0 cm³/mol. The first-order valence-electron chi connectivity index (χ1n) is 8.43. The van der Waals surface area contributed by atoms with E-state index in [9.17, 15) is 0 Å². The van der Waals surface area contributed by atoms with Crippen molar-refractivity contribution in [1.29, 1.82) is 0 Å². The molecule has 0 N–H and O–H groups in total. The average molecular weight is 310 g/mol. The second-order valence-corrected chi connectivity index (χ2v) is 8.14. The maximum absolute atomic E-state index is 6.06. The Morgan fingerprint density at radius 2 is 1.57 bits per heavy atom. The van der Waals surface area contributed by atoms with E-state index in [0.29, 0.717) is 6.61 Å². The van der Waals surface area contributed by atoms with Crippen LogP contribution in [0.15, 0.2) is 48.5 Å². The Morgan fingerprint density at radius 1 is 0.870 bits per heavy atom. The summed E-state index contributed by atoms with van der Waals surface area (Å²) in [6, 6.07) is 17.3. The van der Waals surface area contributed by atoms with Gasteiger partial charge in [0.15, 0.2) is 0 Å². The van der Waals surface area contributed by atoms with E-state index in [1.807, 2.05) is 0 Å². The van der Waals surface area contributed by atoms with Crippen molar-refractivity contribution in [2.45, 2.75) is 59.0 Å². The van der Waals surface area contributed by atoms with Crippen LogP contribution < -0.4 is 0 Å². The highest BCUT2D eigenvalue weighted by atomic mass is 16.5. The largest absolute Gasteiger partial charge is 0.376 e. The fourth-order valence-electron chi connectivity index (χ4n) is 2.96. The number of ether oxygens (including phenoxy) is 1. The minimum absolute atomic E-state index is 0.0208. The van der Waals surface area contributed by atoms with Crippen LogP contribution in [0.25, 0.3) is 0 Å². The molecule has 0 spiro atoms. The molecule has 0 fully saturated rings. The third-order valence-electron chi connectivity index (χ3n) is 4.40. The molecule has 2 aromatic rings. The molecule has 124 valence electrons. The molecule has 1 heteroatoms. The summed E-state index contributed by atoms with van der Waals surface area (Å²) in [7, 11) is 0. The molecule has 0 aliphatic carbocycles. The van der Waals surface area contributed by atoms with Gasteiger partial charge in [0.05, 0.1) is 13.2 Å². The van der Waals surface area contributed by atoms with Crippen LogP contribution in [0.5, 0.6) is 0 Å². The Hall–Kier alpha value is -1.60. The van der Waals surface area contributed by atoms with Gasteiger partial charge in [-0.15, -0.1) is 0 Å². The smallest absolute Gasteiger partial charge is 0.0717 e. The van der Waals surface area contributed by atoms with Crippen LogP contribution in [0.4, 0.5) is 0 Å². The SMILES string of the molecule is Cc1ccccc1C(C)(C)COCc1cccc(C(C)(C)C)c1. The Balaban J connectivity index is 2.01. The Bertz CT molecular complexity index is 647. The number of aryl methyl sites for hydroxylation is 1. The van der Waals surface area contributed by atoms with Crippen molar-refractivity contribution in [3.63, 3.8) is 0 Å². The zero-order valence-corrected chi connectivity index (χ0v) is 15.4. The zero-order chi connectivity index (χ0) is 17.1. The normalized spacial score (nSPS) is 12.4. The maximum atomic E-state index is 6.06. The minimum atomic E-state index is 0.0208. The number of rotatable bonds is 5. The lowest BCUT2D eigenvalue weighted by Crippen LogP contribution is -2.25. The van der Waals surface area contributed by atoms with E-state index in [4.69, 9.17) is 4.74 Å². The molecule has 0 aliphatic rings. The van der Waals surface area contributed by atoms with Gasteiger partial charge in [0.2, 0.25) is 0 Å². The predicted octanol–water partition coefficient (Wildman–Crippen LogP) is 5.79. The molecule has 0 unspecified atom stereocenters. The van der Waals surface area contributed by atoms with Gasteiger partial charge < -0.3 is 4.74 Å². The third kappa shape index (κ3) is 4.68. The standard InChI is InChI=1S/C22H30O/c1-17-10-7-8-13-20(17)22(5,6)16-23-15-18-11-9-12-19(14-18)21(2,3)4/h7-14H,15-16H2,1-6H3. The fraction of sp³-hybridized carbons (Fsp3) is 0.455. The van der Waals surface area contributed by atoms with Crippen molar-refractivity contribution >= 4 is 0 Å². The molecule has 0 aliphatic heterocycles. The summed E-state index contributed by atoms with van der Waals surface area (Å²) >= 11 is 0. The molecule has 0 bridgehead atoms. The van der Waals surface area contributed by atoms with Gasteiger partial charge in [-0.05, 0) is 34.6 Å². The monoisotopic (exact) mass is 310 g/mol. The first-order chi connectivity index (χ1) is 10.7. The van der Waals surface area contributed by atoms with Crippen molar-refractivity contribution in [2.75, 3.05) is 6.61 Å². The summed E-state index contributed by atoms with van der Waals surface area (Å²) in [6.45, 7) is 14.8. The summed E-state index contributed by atoms with van der Waals surface area (Å²) < 4.78 is 6.06. The summed E-state index contributed by atoms with van der Waals surface area (Å²) in [4.78, 5) is 0. The molecule has 2 aromatic carbocycles. The Morgan fingerprint density at radius 3 is 2.22 bits per heavy atom. The lowest BCUT2D eigenvalue weighted by Gasteiger charge is -2.27. The van der Waals surface area contributed by atoms with E-state index < -0.39 is 0 Å². The summed E-state index contributed by atoms with van der Waals surface area (Å²) in [6.07, 6.45) is 0. The first kappa shape index (κ1) is 17.7. The first-order valence-corrected chi connectivity index (χ1v) is 8.43. The van der Waals surface area contributed by atoms with Crippen molar-refractivity contribution < 1.29 is 4.74 Å². The van der Waals surface area contributed by atoms with Crippen LogP contribution >= 0.6 is 0 Å². The van der Waals surface area contributed by atoms with Gasteiger partial charge in [-0.25, -0.2) is 0 Å². The Labute approximate surface area is 141 Å². The van der Waals surface area contributed by atoms with Crippen LogP contribution in [-0.2, 0) is 22.2 Å². The van der Waals surface area contributed by atoms with Gasteiger partial charge in [0.25, 0.3) is 0 Å². The average Bonchev–Trinajstić information content (AvgIpc) is 2.47. The van der Waals surface area contributed by atoms with E-state index >= 15 is 0 Å². The summed E-state index contributed by atoms with van der Waals surface area (Å²) in [5, 5.41) is 0. The molecule has 0 aromatic heterocycles. The van der Waals surface area contributed by atoms with E-state index in [0.717, 1.165) is 6.61 Å². The number of hydrogen-bond donors (Lipinski definition) is 0. The van der Waals surface area contributed by atoms with Gasteiger partial charge in [-0.2, -0.15) is 0 Å². The van der Waals surface area contributed by atoms with Crippen LogP contribution in [0.2, 0.25) is 0 Å². The highest BCUT2D eigenvalue weighted by molar-refractivity contribution is 5.32. The minimum Gasteiger partial charge on any atom is -0.376 e. The quantitative estimate of drug-likeness (QED) is 0.679. The molecule has 0 amide bonds. The van der Waals surface area contributed by atoms with E-state index in [-0.39, 0.29) is 10.8 Å². The van der Waals surface area contributed by atoms with Gasteiger partial charge >= 0.3 is 0 Å².